The molecule has 3 aliphatic carbocycles. The van der Waals surface area contributed by atoms with Gasteiger partial charge in [0.15, 0.2) is 0 Å². The summed E-state index contributed by atoms with van der Waals surface area (Å²) in [4.78, 5) is 0. The van der Waals surface area contributed by atoms with Crippen molar-refractivity contribution in [2.45, 2.75) is 50.1 Å². The molecule has 76 valence electrons. The Labute approximate surface area is 84.9 Å². The van der Waals surface area contributed by atoms with E-state index in [1.165, 1.54) is 0 Å². The molecule has 0 aromatic heterocycles. The summed E-state index contributed by atoms with van der Waals surface area (Å²) < 4.78 is 13.2. The van der Waals surface area contributed by atoms with Gasteiger partial charge in [-0.25, -0.2) is 4.39 Å². The molecule has 0 aromatic rings. The first kappa shape index (κ1) is 9.78. The predicted octanol–water partition coefficient (Wildman–Crippen LogP) is 2.17. The predicted molar refractivity (Wildman–Crippen MR) is 56.0 cm³/mol. The Morgan fingerprint density at radius 2 is 1.92 bits per heavy atom. The summed E-state index contributed by atoms with van der Waals surface area (Å²) in [5.74, 6) is 0. The SMILES string of the molecule is CC(S)CNC(C)C12CC(F)(C1)C2. The molecule has 3 saturated carbocycles. The molecule has 2 atom stereocenters. The summed E-state index contributed by atoms with van der Waals surface area (Å²) in [6, 6.07) is 0.458. The van der Waals surface area contributed by atoms with Crippen molar-refractivity contribution in [3.8, 4) is 0 Å². The van der Waals surface area contributed by atoms with Gasteiger partial charge in [-0.2, -0.15) is 12.6 Å². The van der Waals surface area contributed by atoms with Crippen LogP contribution >= 0.6 is 12.6 Å². The molecule has 1 N–H and O–H groups in total. The lowest BCUT2D eigenvalue weighted by atomic mass is 9.40. The first-order valence-corrected chi connectivity index (χ1v) is 5.58. The number of hydrogen-bond acceptors (Lipinski definition) is 2. The normalized spacial score (nSPS) is 46.2. The molecule has 0 saturated heterocycles. The maximum absolute atomic E-state index is 13.2. The summed E-state index contributed by atoms with van der Waals surface area (Å²) in [5, 5.41) is 3.82. The van der Waals surface area contributed by atoms with Crippen molar-refractivity contribution in [2.75, 3.05) is 6.54 Å². The van der Waals surface area contributed by atoms with Gasteiger partial charge < -0.3 is 5.32 Å². The van der Waals surface area contributed by atoms with Gasteiger partial charge in [-0.1, -0.05) is 6.92 Å². The van der Waals surface area contributed by atoms with Crippen LogP contribution in [0.1, 0.15) is 33.1 Å². The number of alkyl halides is 1. The van der Waals surface area contributed by atoms with E-state index in [9.17, 15) is 4.39 Å². The number of nitrogens with one attached hydrogen (secondary N) is 1. The van der Waals surface area contributed by atoms with Crippen LogP contribution in [0.15, 0.2) is 0 Å². The Morgan fingerprint density at radius 3 is 2.31 bits per heavy atom. The number of halogens is 1. The van der Waals surface area contributed by atoms with Crippen LogP contribution in [0.25, 0.3) is 0 Å². The van der Waals surface area contributed by atoms with E-state index in [-0.39, 0.29) is 0 Å². The number of rotatable bonds is 4. The van der Waals surface area contributed by atoms with E-state index in [2.05, 4.69) is 31.8 Å². The standard InChI is InChI=1S/C10H18FNS/c1-7(13)3-12-8(2)9-4-10(11,5-9)6-9/h7-8,12-13H,3-6H2,1-2H3. The smallest absolute Gasteiger partial charge is 0.112 e. The van der Waals surface area contributed by atoms with Crippen LogP contribution in [0.2, 0.25) is 0 Å². The van der Waals surface area contributed by atoms with E-state index in [0.29, 0.717) is 16.7 Å². The van der Waals surface area contributed by atoms with Gasteiger partial charge in [0.25, 0.3) is 0 Å². The zero-order valence-corrected chi connectivity index (χ0v) is 9.20. The van der Waals surface area contributed by atoms with E-state index in [1.807, 2.05) is 0 Å². The molecule has 3 aliphatic rings. The largest absolute Gasteiger partial charge is 0.313 e. The molecule has 2 unspecified atom stereocenters. The molecule has 3 heteroatoms. The Kier molecular flexibility index (Phi) is 2.15. The Hall–Kier alpha value is 0.240. The highest BCUT2D eigenvalue weighted by Gasteiger charge is 2.70. The van der Waals surface area contributed by atoms with Crippen molar-refractivity contribution in [1.29, 1.82) is 0 Å². The van der Waals surface area contributed by atoms with Crippen molar-refractivity contribution >= 4 is 12.6 Å². The Balaban J connectivity index is 1.76. The molecule has 1 nitrogen and oxygen atoms in total. The van der Waals surface area contributed by atoms with Gasteiger partial charge in [-0.3, -0.25) is 0 Å². The summed E-state index contributed by atoms with van der Waals surface area (Å²) in [6.07, 6.45) is 2.36. The van der Waals surface area contributed by atoms with Gasteiger partial charge in [0.1, 0.15) is 5.67 Å². The van der Waals surface area contributed by atoms with Crippen molar-refractivity contribution in [3.63, 3.8) is 0 Å². The fourth-order valence-electron chi connectivity index (χ4n) is 2.76. The van der Waals surface area contributed by atoms with Crippen molar-refractivity contribution in [1.82, 2.24) is 5.32 Å². The molecule has 0 radical (unpaired) electrons. The van der Waals surface area contributed by atoms with Crippen LogP contribution in [-0.4, -0.2) is 23.5 Å². The average Bonchev–Trinajstić information content (AvgIpc) is 1.92. The first-order valence-electron chi connectivity index (χ1n) is 5.06. The van der Waals surface area contributed by atoms with Gasteiger partial charge in [0, 0.05) is 17.8 Å². The van der Waals surface area contributed by atoms with Gasteiger partial charge in [-0.05, 0) is 31.6 Å². The molecule has 3 rings (SSSR count). The quantitative estimate of drug-likeness (QED) is 0.667. The second kappa shape index (κ2) is 2.86. The number of thiol groups is 1. The molecule has 3 fully saturated rings. The minimum atomic E-state index is -0.761. The zero-order chi connectivity index (χ0) is 9.69. The van der Waals surface area contributed by atoms with E-state index >= 15 is 0 Å². The summed E-state index contributed by atoms with van der Waals surface area (Å²) in [5.41, 5.74) is -0.458. The lowest BCUT2D eigenvalue weighted by Gasteiger charge is -2.68. The van der Waals surface area contributed by atoms with E-state index < -0.39 is 5.67 Å². The zero-order valence-electron chi connectivity index (χ0n) is 8.31. The summed E-state index contributed by atoms with van der Waals surface area (Å²) in [6.45, 7) is 5.17. The molecule has 0 heterocycles. The van der Waals surface area contributed by atoms with Gasteiger partial charge in [0.2, 0.25) is 0 Å². The second-order valence-electron chi connectivity index (χ2n) is 5.02. The third-order valence-corrected chi connectivity index (χ3v) is 3.83. The molecule has 0 aliphatic heterocycles. The summed E-state index contributed by atoms with van der Waals surface area (Å²) in [7, 11) is 0. The Morgan fingerprint density at radius 1 is 1.38 bits per heavy atom. The molecule has 2 bridgehead atoms. The van der Waals surface area contributed by atoms with Crippen LogP contribution in [0, 0.1) is 5.41 Å². The monoisotopic (exact) mass is 203 g/mol. The maximum atomic E-state index is 13.2. The Bertz CT molecular complexity index is 197. The summed E-state index contributed by atoms with van der Waals surface area (Å²) >= 11 is 4.31. The second-order valence-corrected chi connectivity index (χ2v) is 5.90. The molecular formula is C10H18FNS. The van der Waals surface area contributed by atoms with Crippen LogP contribution in [0.3, 0.4) is 0 Å². The molecular weight excluding hydrogens is 185 g/mol. The van der Waals surface area contributed by atoms with Crippen LogP contribution in [0.5, 0.6) is 0 Å². The highest BCUT2D eigenvalue weighted by molar-refractivity contribution is 7.80. The minimum Gasteiger partial charge on any atom is -0.313 e. The third kappa shape index (κ3) is 1.50. The fraction of sp³-hybridized carbons (Fsp3) is 1.00. The van der Waals surface area contributed by atoms with E-state index in [1.54, 1.807) is 0 Å². The highest BCUT2D eigenvalue weighted by atomic mass is 32.1. The van der Waals surface area contributed by atoms with Crippen LogP contribution < -0.4 is 5.32 Å². The van der Waals surface area contributed by atoms with Crippen molar-refractivity contribution in [2.24, 2.45) is 5.41 Å². The first-order chi connectivity index (χ1) is 5.96. The lowest BCUT2D eigenvalue weighted by molar-refractivity contribution is -0.226. The van der Waals surface area contributed by atoms with E-state index in [4.69, 9.17) is 0 Å². The lowest BCUT2D eigenvalue weighted by Crippen LogP contribution is -2.71. The molecule has 0 aromatic carbocycles. The van der Waals surface area contributed by atoms with Crippen molar-refractivity contribution < 1.29 is 4.39 Å². The van der Waals surface area contributed by atoms with Crippen LogP contribution in [-0.2, 0) is 0 Å². The molecule has 13 heavy (non-hydrogen) atoms. The minimum absolute atomic E-state index is 0.303. The molecule has 0 amide bonds. The van der Waals surface area contributed by atoms with Gasteiger partial charge in [-0.15, -0.1) is 0 Å². The number of hydrogen-bond donors (Lipinski definition) is 2. The molecule has 0 spiro atoms. The maximum Gasteiger partial charge on any atom is 0.112 e. The fourth-order valence-corrected chi connectivity index (χ4v) is 2.87. The van der Waals surface area contributed by atoms with Crippen molar-refractivity contribution in [3.05, 3.63) is 0 Å². The van der Waals surface area contributed by atoms with E-state index in [0.717, 1.165) is 25.8 Å². The third-order valence-electron chi connectivity index (χ3n) is 3.64. The topological polar surface area (TPSA) is 12.0 Å². The van der Waals surface area contributed by atoms with Gasteiger partial charge in [0.05, 0.1) is 0 Å². The van der Waals surface area contributed by atoms with Crippen LogP contribution in [0.4, 0.5) is 4.39 Å². The highest BCUT2D eigenvalue weighted by Crippen LogP contribution is 2.70. The van der Waals surface area contributed by atoms with Gasteiger partial charge >= 0.3 is 0 Å². The average molecular weight is 203 g/mol.